The Balaban J connectivity index is 1.43. The molecule has 1 aromatic heterocycles. The number of benzene rings is 1. The molecule has 1 N–H and O–H groups in total. The molecule has 3 aliphatic rings. The van der Waals surface area contributed by atoms with Crippen LogP contribution in [-0.4, -0.2) is 83.8 Å². The van der Waals surface area contributed by atoms with Crippen LogP contribution in [0.2, 0.25) is 0 Å². The summed E-state index contributed by atoms with van der Waals surface area (Å²) < 4.78 is 68.3. The summed E-state index contributed by atoms with van der Waals surface area (Å²) in [5, 5.41) is 2.62. The number of rotatable bonds is 6. The van der Waals surface area contributed by atoms with E-state index in [0.717, 1.165) is 31.9 Å². The molecule has 1 aliphatic carbocycles. The Morgan fingerprint density at radius 1 is 1.12 bits per heavy atom. The minimum atomic E-state index is -4.78. The number of ether oxygens (including phenoxy) is 2. The molecule has 2 saturated heterocycles. The van der Waals surface area contributed by atoms with Gasteiger partial charge in [0.25, 0.3) is 11.8 Å². The number of carbonyl (C=O) groups excluding carboxylic acids is 2. The summed E-state index contributed by atoms with van der Waals surface area (Å²) in [4.78, 5) is 34.4. The first-order chi connectivity index (χ1) is 18.9. The van der Waals surface area contributed by atoms with Crippen molar-refractivity contribution in [2.24, 2.45) is 5.92 Å². The molecule has 2 amide bonds. The normalized spacial score (nSPS) is 27.5. The van der Waals surface area contributed by atoms with E-state index < -0.39 is 41.4 Å². The molecular formula is C28H32F4N4O4. The van der Waals surface area contributed by atoms with Crippen LogP contribution in [0.3, 0.4) is 0 Å². The highest BCUT2D eigenvalue weighted by Crippen LogP contribution is 2.55. The number of hydrogen-bond acceptors (Lipinski definition) is 6. The van der Waals surface area contributed by atoms with E-state index in [1.807, 2.05) is 7.05 Å². The fourth-order valence-corrected chi connectivity index (χ4v) is 5.28. The van der Waals surface area contributed by atoms with Gasteiger partial charge in [0, 0.05) is 61.5 Å². The summed E-state index contributed by atoms with van der Waals surface area (Å²) in [5.74, 6) is -3.91. The number of nitrogens with one attached hydrogen (secondary N) is 1. The lowest BCUT2D eigenvalue weighted by Crippen LogP contribution is -2.47. The molecule has 4 atom stereocenters. The standard InChI is InChI=1S/C28H32F4N4O4/c1-16-23(20-7-4-17(29)14-22(20)39-19-5-6-19)24(40-27(16,2)28(30,31)32)25(37)34-18-8-9-33-21(15-18)26(38)36-12-10-35(3)11-13-36/h4,7-9,14-16,19,23-24H,5-6,10-13H2,1-3H3,(H,33,34,37)/t16-,23-,24+,27+/m0/s1. The molecule has 5 rings (SSSR count). The number of likely N-dealkylation sites (N-methyl/N-ethyl adjacent to an activating group) is 1. The maximum absolute atomic E-state index is 14.3. The molecule has 8 nitrogen and oxygen atoms in total. The van der Waals surface area contributed by atoms with Crippen LogP contribution in [-0.2, 0) is 9.53 Å². The molecule has 2 aliphatic heterocycles. The zero-order chi connectivity index (χ0) is 28.8. The lowest BCUT2D eigenvalue weighted by atomic mass is 9.77. The predicted molar refractivity (Wildman–Crippen MR) is 138 cm³/mol. The van der Waals surface area contributed by atoms with Crippen molar-refractivity contribution in [1.29, 1.82) is 0 Å². The van der Waals surface area contributed by atoms with E-state index in [-0.39, 0.29) is 34.7 Å². The average Bonchev–Trinajstić information content (AvgIpc) is 3.67. The molecule has 1 aromatic carbocycles. The van der Waals surface area contributed by atoms with Crippen LogP contribution >= 0.6 is 0 Å². The highest BCUT2D eigenvalue weighted by Gasteiger charge is 2.65. The molecule has 1 saturated carbocycles. The van der Waals surface area contributed by atoms with Crippen molar-refractivity contribution < 1.29 is 36.6 Å². The van der Waals surface area contributed by atoms with Crippen molar-refractivity contribution in [3.05, 3.63) is 53.6 Å². The van der Waals surface area contributed by atoms with Crippen LogP contribution in [0.5, 0.6) is 5.75 Å². The molecule has 216 valence electrons. The smallest absolute Gasteiger partial charge is 0.417 e. The van der Waals surface area contributed by atoms with E-state index in [1.54, 1.807) is 4.90 Å². The topological polar surface area (TPSA) is 84.0 Å². The number of nitrogens with zero attached hydrogens (tertiary/aromatic N) is 3. The third-order valence-corrected chi connectivity index (χ3v) is 8.12. The lowest BCUT2D eigenvalue weighted by molar-refractivity contribution is -0.272. The van der Waals surface area contributed by atoms with Crippen molar-refractivity contribution in [2.45, 2.75) is 56.6 Å². The van der Waals surface area contributed by atoms with E-state index in [9.17, 15) is 27.2 Å². The Kier molecular flexibility index (Phi) is 7.51. The molecule has 40 heavy (non-hydrogen) atoms. The van der Waals surface area contributed by atoms with E-state index in [2.05, 4.69) is 15.2 Å². The second-order valence-electron chi connectivity index (χ2n) is 11.0. The summed E-state index contributed by atoms with van der Waals surface area (Å²) >= 11 is 0. The first-order valence-corrected chi connectivity index (χ1v) is 13.3. The number of aromatic nitrogens is 1. The number of anilines is 1. The third kappa shape index (κ3) is 5.51. The van der Waals surface area contributed by atoms with Crippen molar-refractivity contribution in [3.8, 4) is 5.75 Å². The van der Waals surface area contributed by atoms with E-state index >= 15 is 0 Å². The van der Waals surface area contributed by atoms with Gasteiger partial charge < -0.3 is 24.6 Å². The van der Waals surface area contributed by atoms with Gasteiger partial charge in [0.05, 0.1) is 6.10 Å². The fraction of sp³-hybridized carbons (Fsp3) is 0.536. The van der Waals surface area contributed by atoms with Crippen LogP contribution in [0.1, 0.15) is 48.7 Å². The van der Waals surface area contributed by atoms with Gasteiger partial charge in [0.1, 0.15) is 23.4 Å². The van der Waals surface area contributed by atoms with Gasteiger partial charge in [-0.25, -0.2) is 4.39 Å². The Morgan fingerprint density at radius 2 is 1.82 bits per heavy atom. The van der Waals surface area contributed by atoms with Crippen LogP contribution in [0.4, 0.5) is 23.2 Å². The van der Waals surface area contributed by atoms with Crippen molar-refractivity contribution in [1.82, 2.24) is 14.8 Å². The highest BCUT2D eigenvalue weighted by atomic mass is 19.4. The average molecular weight is 565 g/mol. The summed E-state index contributed by atoms with van der Waals surface area (Å²) in [6, 6.07) is 6.49. The number of hydrogen-bond donors (Lipinski definition) is 1. The van der Waals surface area contributed by atoms with Gasteiger partial charge in [0.15, 0.2) is 5.60 Å². The largest absolute Gasteiger partial charge is 0.490 e. The highest BCUT2D eigenvalue weighted by molar-refractivity contribution is 5.98. The first-order valence-electron chi connectivity index (χ1n) is 13.3. The summed E-state index contributed by atoms with van der Waals surface area (Å²) in [5.41, 5.74) is -2.07. The van der Waals surface area contributed by atoms with Crippen molar-refractivity contribution >= 4 is 17.5 Å². The first kappa shape index (κ1) is 28.3. The SMILES string of the molecule is C[C@H]1[C@@H](c2ccc(F)cc2OC2CC2)[C@H](C(=O)Nc2ccnc(C(=O)N3CCN(C)CC3)c2)O[C@@]1(C)C(F)(F)F. The van der Waals surface area contributed by atoms with Crippen molar-refractivity contribution in [2.75, 3.05) is 38.5 Å². The van der Waals surface area contributed by atoms with Gasteiger partial charge in [-0.1, -0.05) is 13.0 Å². The Bertz CT molecular complexity index is 1280. The van der Waals surface area contributed by atoms with Gasteiger partial charge in [-0.2, -0.15) is 13.2 Å². The van der Waals surface area contributed by atoms with Crippen LogP contribution in [0.15, 0.2) is 36.5 Å². The summed E-state index contributed by atoms with van der Waals surface area (Å²) in [7, 11) is 1.96. The Hall–Kier alpha value is -3.25. The van der Waals surface area contributed by atoms with Crippen LogP contribution in [0.25, 0.3) is 0 Å². The second-order valence-corrected chi connectivity index (χ2v) is 11.0. The van der Waals surface area contributed by atoms with E-state index in [1.165, 1.54) is 31.3 Å². The summed E-state index contributed by atoms with van der Waals surface area (Å²) in [6.07, 6.45) is -3.63. The number of amides is 2. The number of piperazine rings is 1. The number of pyridine rings is 1. The van der Waals surface area contributed by atoms with E-state index in [0.29, 0.717) is 26.2 Å². The lowest BCUT2D eigenvalue weighted by Gasteiger charge is -2.32. The van der Waals surface area contributed by atoms with Gasteiger partial charge in [-0.3, -0.25) is 14.6 Å². The maximum atomic E-state index is 14.3. The zero-order valence-corrected chi connectivity index (χ0v) is 22.5. The van der Waals surface area contributed by atoms with Gasteiger partial charge in [-0.05, 0) is 45.0 Å². The second kappa shape index (κ2) is 10.6. The molecule has 12 heteroatoms. The molecule has 2 aromatic rings. The monoisotopic (exact) mass is 564 g/mol. The van der Waals surface area contributed by atoms with Gasteiger partial charge >= 0.3 is 6.18 Å². The molecule has 0 unspecified atom stereocenters. The van der Waals surface area contributed by atoms with E-state index in [4.69, 9.17) is 9.47 Å². The molecule has 0 radical (unpaired) electrons. The van der Waals surface area contributed by atoms with Crippen molar-refractivity contribution in [3.63, 3.8) is 0 Å². The number of carbonyl (C=O) groups is 2. The van der Waals surface area contributed by atoms with Gasteiger partial charge in [-0.15, -0.1) is 0 Å². The predicted octanol–water partition coefficient (Wildman–Crippen LogP) is 4.23. The number of alkyl halides is 3. The Morgan fingerprint density at radius 3 is 2.48 bits per heavy atom. The molecule has 3 heterocycles. The third-order valence-electron chi connectivity index (χ3n) is 8.12. The minimum Gasteiger partial charge on any atom is -0.490 e. The quantitative estimate of drug-likeness (QED) is 0.529. The molecular weight excluding hydrogens is 532 g/mol. The summed E-state index contributed by atoms with van der Waals surface area (Å²) in [6.45, 7) is 4.78. The minimum absolute atomic E-state index is 0.108. The zero-order valence-electron chi connectivity index (χ0n) is 22.5. The molecule has 0 spiro atoms. The maximum Gasteiger partial charge on any atom is 0.417 e. The fourth-order valence-electron chi connectivity index (χ4n) is 5.28. The molecule has 3 fully saturated rings. The number of halogens is 4. The molecule has 0 bridgehead atoms. The van der Waals surface area contributed by atoms with Crippen LogP contribution in [0, 0.1) is 11.7 Å². The Labute approximate surface area is 229 Å². The van der Waals surface area contributed by atoms with Gasteiger partial charge in [0.2, 0.25) is 0 Å². The van der Waals surface area contributed by atoms with Crippen LogP contribution < -0.4 is 10.1 Å².